The van der Waals surface area contributed by atoms with E-state index in [2.05, 4.69) is 4.90 Å². The number of aryl methyl sites for hydroxylation is 1. The van der Waals surface area contributed by atoms with Crippen LogP contribution in [-0.4, -0.2) is 76.0 Å². The predicted octanol–water partition coefficient (Wildman–Crippen LogP) is 5.87. The Kier molecular flexibility index (Phi) is 7.34. The van der Waals surface area contributed by atoms with Gasteiger partial charge in [-0.1, -0.05) is 13.0 Å². The van der Waals surface area contributed by atoms with Gasteiger partial charge in [0.1, 0.15) is 41.9 Å². The van der Waals surface area contributed by atoms with E-state index in [-0.39, 0.29) is 36.3 Å². The summed E-state index contributed by atoms with van der Waals surface area (Å²) >= 11 is 0. The van der Waals surface area contributed by atoms with E-state index < -0.39 is 29.8 Å². The Bertz CT molecular complexity index is 1620. The van der Waals surface area contributed by atoms with Crippen molar-refractivity contribution in [1.82, 2.24) is 14.9 Å². The molecule has 0 radical (unpaired) electrons. The van der Waals surface area contributed by atoms with Crippen LogP contribution in [0.1, 0.15) is 74.0 Å². The molecular formula is C33H38F3N5O3. The van der Waals surface area contributed by atoms with Crippen LogP contribution in [0.15, 0.2) is 24.3 Å². The van der Waals surface area contributed by atoms with Crippen LogP contribution in [0.2, 0.25) is 0 Å². The maximum Gasteiger partial charge on any atom is 0.318 e. The number of alkyl halides is 2. The Balaban J connectivity index is 1.32. The highest BCUT2D eigenvalue weighted by molar-refractivity contribution is 6.16. The molecule has 234 valence electrons. The number of aromatic hydroxyl groups is 1. The number of nitrogens with zero attached hydrogens (tertiary/aromatic N) is 5. The molecule has 3 fully saturated rings. The van der Waals surface area contributed by atoms with Gasteiger partial charge in [0.15, 0.2) is 0 Å². The molecule has 1 amide bonds. The zero-order chi connectivity index (χ0) is 30.7. The number of carbonyl (C=O) groups is 1. The van der Waals surface area contributed by atoms with Crippen molar-refractivity contribution in [2.24, 2.45) is 0 Å². The molecule has 1 N–H and O–H groups in total. The van der Waals surface area contributed by atoms with Crippen molar-refractivity contribution in [2.75, 3.05) is 36.0 Å². The van der Waals surface area contributed by atoms with Crippen LogP contribution in [0.4, 0.5) is 24.7 Å². The van der Waals surface area contributed by atoms with Crippen LogP contribution in [-0.2, 0) is 13.0 Å². The molecular weight excluding hydrogens is 571 g/mol. The van der Waals surface area contributed by atoms with Gasteiger partial charge < -0.3 is 19.6 Å². The number of phenolic OH excluding ortho intramolecular Hbond substituents is 1. The van der Waals surface area contributed by atoms with E-state index in [1.54, 1.807) is 12.1 Å². The molecule has 8 nitrogen and oxygen atoms in total. The zero-order valence-electron chi connectivity index (χ0n) is 25.2. The smallest absolute Gasteiger partial charge is 0.318 e. The SMILES string of the molecule is CCc1c(F)ccc2cc(O)cc(N3Cc4nc(OC[C@@]56CCCN5C[C@H](F)C6)nc(N5CCCC[C@@H]5C(C)F)c4C3=O)c12. The van der Waals surface area contributed by atoms with Crippen LogP contribution >= 0.6 is 0 Å². The van der Waals surface area contributed by atoms with Gasteiger partial charge in [0.25, 0.3) is 5.91 Å². The molecule has 3 aromatic rings. The number of fused-ring (bicyclic) bond motifs is 3. The Hall–Kier alpha value is -3.60. The molecule has 7 rings (SSSR count). The second kappa shape index (κ2) is 11.1. The number of piperidine rings is 1. The van der Waals surface area contributed by atoms with E-state index in [0.29, 0.717) is 65.9 Å². The molecule has 1 aromatic heterocycles. The van der Waals surface area contributed by atoms with Crippen LogP contribution < -0.4 is 14.5 Å². The van der Waals surface area contributed by atoms with Crippen LogP contribution in [0.25, 0.3) is 10.8 Å². The zero-order valence-corrected chi connectivity index (χ0v) is 25.2. The topological polar surface area (TPSA) is 82.0 Å². The highest BCUT2D eigenvalue weighted by Gasteiger charge is 2.49. The van der Waals surface area contributed by atoms with Gasteiger partial charge in [0, 0.05) is 31.0 Å². The van der Waals surface area contributed by atoms with Crippen LogP contribution in [0, 0.1) is 5.82 Å². The molecule has 44 heavy (non-hydrogen) atoms. The number of halogens is 3. The standard InChI is InChI=1S/C33H38F3N5O3/c1-3-23-24(36)9-8-20-13-22(42)14-27(28(20)23)41-17-25-29(31(41)43)30(40-12-5-4-7-26(40)19(2)34)38-32(37-25)44-18-33-10-6-11-39(33)16-21(35)15-33/h8-9,13-14,19,21,26,42H,3-7,10-12,15-18H2,1-2H3/t19?,21-,26-,33+/m1/s1. The Morgan fingerprint density at radius 2 is 2.02 bits per heavy atom. The summed E-state index contributed by atoms with van der Waals surface area (Å²) < 4.78 is 50.6. The van der Waals surface area contributed by atoms with Crippen molar-refractivity contribution >= 4 is 28.2 Å². The first-order valence-electron chi connectivity index (χ1n) is 15.8. The minimum Gasteiger partial charge on any atom is -0.508 e. The van der Waals surface area contributed by atoms with Gasteiger partial charge in [-0.25, -0.2) is 13.2 Å². The lowest BCUT2D eigenvalue weighted by Gasteiger charge is -2.38. The largest absolute Gasteiger partial charge is 0.508 e. The number of hydrogen-bond acceptors (Lipinski definition) is 7. The number of aromatic nitrogens is 2. The Labute approximate surface area is 254 Å². The number of amides is 1. The second-order valence-electron chi connectivity index (χ2n) is 12.8. The minimum atomic E-state index is -1.16. The molecule has 0 saturated carbocycles. The van der Waals surface area contributed by atoms with Gasteiger partial charge in [-0.05, 0) is 75.1 Å². The monoisotopic (exact) mass is 609 g/mol. The number of anilines is 2. The predicted molar refractivity (Wildman–Crippen MR) is 162 cm³/mol. The Morgan fingerprint density at radius 3 is 2.82 bits per heavy atom. The fourth-order valence-electron chi connectivity index (χ4n) is 8.01. The molecule has 4 atom stereocenters. The number of carbonyl (C=O) groups excluding carboxylic acids is 1. The summed E-state index contributed by atoms with van der Waals surface area (Å²) in [6.07, 6.45) is 2.83. The van der Waals surface area contributed by atoms with Gasteiger partial charge in [0.2, 0.25) is 0 Å². The fraction of sp³-hybridized carbons (Fsp3) is 0.545. The van der Waals surface area contributed by atoms with E-state index in [9.17, 15) is 23.1 Å². The third-order valence-corrected chi connectivity index (χ3v) is 10.1. The molecule has 4 aliphatic rings. The molecule has 0 spiro atoms. The first-order valence-corrected chi connectivity index (χ1v) is 15.8. The third kappa shape index (κ3) is 4.74. The van der Waals surface area contributed by atoms with Crippen LogP contribution in [0.5, 0.6) is 11.8 Å². The summed E-state index contributed by atoms with van der Waals surface area (Å²) in [6.45, 7) is 5.38. The minimum absolute atomic E-state index is 0.0474. The third-order valence-electron chi connectivity index (χ3n) is 10.1. The van der Waals surface area contributed by atoms with Gasteiger partial charge in [-0.15, -0.1) is 0 Å². The lowest BCUT2D eigenvalue weighted by atomic mass is 9.95. The normalized spacial score (nSPS) is 26.0. The highest BCUT2D eigenvalue weighted by Crippen LogP contribution is 2.43. The first-order chi connectivity index (χ1) is 21.2. The summed E-state index contributed by atoms with van der Waals surface area (Å²) in [6, 6.07) is 5.60. The highest BCUT2D eigenvalue weighted by atomic mass is 19.1. The van der Waals surface area contributed by atoms with Gasteiger partial charge >= 0.3 is 6.01 Å². The van der Waals surface area contributed by atoms with Crippen molar-refractivity contribution in [3.8, 4) is 11.8 Å². The quantitative estimate of drug-likeness (QED) is 0.359. The molecule has 1 unspecified atom stereocenters. The lowest BCUT2D eigenvalue weighted by Crippen LogP contribution is -2.46. The second-order valence-corrected chi connectivity index (χ2v) is 12.8. The van der Waals surface area contributed by atoms with E-state index >= 15 is 0 Å². The lowest BCUT2D eigenvalue weighted by molar-refractivity contribution is 0.0995. The summed E-state index contributed by atoms with van der Waals surface area (Å²) in [5, 5.41) is 11.8. The number of ether oxygens (including phenoxy) is 1. The number of benzene rings is 2. The number of hydrogen-bond donors (Lipinski definition) is 1. The number of phenols is 1. The van der Waals surface area contributed by atoms with Gasteiger partial charge in [-0.2, -0.15) is 9.97 Å². The molecule has 0 bridgehead atoms. The average molecular weight is 610 g/mol. The molecule has 2 aromatic carbocycles. The molecule has 5 heterocycles. The average Bonchev–Trinajstić information content (AvgIpc) is 3.65. The molecule has 3 saturated heterocycles. The van der Waals surface area contributed by atoms with Crippen LogP contribution in [0.3, 0.4) is 0 Å². The summed E-state index contributed by atoms with van der Waals surface area (Å²) in [5.74, 6) is -0.505. The van der Waals surface area contributed by atoms with Crippen molar-refractivity contribution < 1.29 is 27.8 Å². The molecule has 11 heteroatoms. The fourth-order valence-corrected chi connectivity index (χ4v) is 8.01. The summed E-state index contributed by atoms with van der Waals surface area (Å²) in [7, 11) is 0. The van der Waals surface area contributed by atoms with Crippen molar-refractivity contribution in [3.05, 3.63) is 46.9 Å². The van der Waals surface area contributed by atoms with E-state index in [4.69, 9.17) is 14.7 Å². The molecule has 0 aliphatic carbocycles. The number of rotatable bonds is 7. The van der Waals surface area contributed by atoms with Crippen molar-refractivity contribution in [3.63, 3.8) is 0 Å². The van der Waals surface area contributed by atoms with E-state index in [1.807, 2.05) is 11.8 Å². The van der Waals surface area contributed by atoms with Crippen molar-refractivity contribution in [2.45, 2.75) is 89.3 Å². The van der Waals surface area contributed by atoms with Crippen molar-refractivity contribution in [1.29, 1.82) is 0 Å². The van der Waals surface area contributed by atoms with Gasteiger partial charge in [-0.3, -0.25) is 9.69 Å². The maximum atomic E-state index is 15.0. The first kappa shape index (κ1) is 29.1. The molecule has 4 aliphatic heterocycles. The van der Waals surface area contributed by atoms with E-state index in [1.165, 1.54) is 24.0 Å². The van der Waals surface area contributed by atoms with E-state index in [0.717, 1.165) is 32.2 Å². The maximum absolute atomic E-state index is 15.0. The van der Waals surface area contributed by atoms with Gasteiger partial charge in [0.05, 0.1) is 29.5 Å². The summed E-state index contributed by atoms with van der Waals surface area (Å²) in [4.78, 5) is 29.3. The Morgan fingerprint density at radius 1 is 1.18 bits per heavy atom. The summed E-state index contributed by atoms with van der Waals surface area (Å²) in [5.41, 5.74) is 1.10.